The molecule has 2 N–H and O–H groups in total. The highest BCUT2D eigenvalue weighted by Gasteiger charge is 2.10. The Kier molecular flexibility index (Phi) is 1.74. The summed E-state index contributed by atoms with van der Waals surface area (Å²) in [4.78, 5) is 14.1. The van der Waals surface area contributed by atoms with E-state index in [1.807, 2.05) is 30.3 Å². The number of aromatic nitrogens is 1. The van der Waals surface area contributed by atoms with Crippen LogP contribution < -0.4 is 0 Å². The van der Waals surface area contributed by atoms with E-state index in [-0.39, 0.29) is 5.75 Å². The summed E-state index contributed by atoms with van der Waals surface area (Å²) in [6.45, 7) is 0. The molecule has 0 aliphatic heterocycles. The van der Waals surface area contributed by atoms with Crippen molar-refractivity contribution in [2.75, 3.05) is 0 Å². The predicted octanol–water partition coefficient (Wildman–Crippen LogP) is 2.84. The summed E-state index contributed by atoms with van der Waals surface area (Å²) in [6, 6.07) is 11.2. The van der Waals surface area contributed by atoms with Crippen molar-refractivity contribution < 1.29 is 9.90 Å². The average molecular weight is 211 g/mol. The first-order valence-electron chi connectivity index (χ1n) is 4.99. The SMILES string of the molecule is O=Cc1c(O)ccc2c1[nH]c1ccccc12. The van der Waals surface area contributed by atoms with Crippen LogP contribution in [-0.2, 0) is 0 Å². The predicted molar refractivity (Wildman–Crippen MR) is 62.9 cm³/mol. The van der Waals surface area contributed by atoms with Crippen molar-refractivity contribution in [3.63, 3.8) is 0 Å². The van der Waals surface area contributed by atoms with E-state index in [2.05, 4.69) is 4.98 Å². The molecule has 0 bridgehead atoms. The third-order valence-corrected chi connectivity index (χ3v) is 2.82. The molecule has 3 heteroatoms. The zero-order valence-electron chi connectivity index (χ0n) is 8.40. The molecule has 0 saturated heterocycles. The molecule has 0 spiro atoms. The maximum Gasteiger partial charge on any atom is 0.155 e. The van der Waals surface area contributed by atoms with Gasteiger partial charge in [0.1, 0.15) is 5.75 Å². The molecule has 0 aliphatic rings. The van der Waals surface area contributed by atoms with Crippen LogP contribution in [0.25, 0.3) is 21.8 Å². The topological polar surface area (TPSA) is 53.1 Å². The fourth-order valence-electron chi connectivity index (χ4n) is 2.05. The second-order valence-corrected chi connectivity index (χ2v) is 3.71. The number of phenolic OH excluding ortho intramolecular Hbond substituents is 1. The Morgan fingerprint density at radius 1 is 1.06 bits per heavy atom. The first-order valence-corrected chi connectivity index (χ1v) is 4.99. The fourth-order valence-corrected chi connectivity index (χ4v) is 2.05. The van der Waals surface area contributed by atoms with Crippen LogP contribution in [0, 0.1) is 0 Å². The van der Waals surface area contributed by atoms with Crippen LogP contribution in [0.5, 0.6) is 5.75 Å². The molecule has 3 nitrogen and oxygen atoms in total. The smallest absolute Gasteiger partial charge is 0.155 e. The number of rotatable bonds is 1. The summed E-state index contributed by atoms with van der Waals surface area (Å²) in [6.07, 6.45) is 0.674. The standard InChI is InChI=1S/C13H9NO2/c15-7-10-12(16)6-5-9-8-3-1-2-4-11(8)14-13(9)10/h1-7,14,16H. The summed E-state index contributed by atoms with van der Waals surface area (Å²) in [5, 5.41) is 11.6. The van der Waals surface area contributed by atoms with Crippen LogP contribution in [0.2, 0.25) is 0 Å². The monoisotopic (exact) mass is 211 g/mol. The highest BCUT2D eigenvalue weighted by molar-refractivity contribution is 6.12. The minimum absolute atomic E-state index is 0.00839. The van der Waals surface area contributed by atoms with Crippen LogP contribution in [0.1, 0.15) is 10.4 Å². The largest absolute Gasteiger partial charge is 0.507 e. The van der Waals surface area contributed by atoms with Crippen molar-refractivity contribution in [3.05, 3.63) is 42.0 Å². The van der Waals surface area contributed by atoms with Crippen LogP contribution in [0.3, 0.4) is 0 Å². The number of phenols is 1. The first kappa shape index (κ1) is 8.97. The number of hydrogen-bond acceptors (Lipinski definition) is 2. The molecule has 0 unspecified atom stereocenters. The van der Waals surface area contributed by atoms with Crippen LogP contribution in [0.4, 0.5) is 0 Å². The van der Waals surface area contributed by atoms with Crippen molar-refractivity contribution in [3.8, 4) is 5.75 Å². The van der Waals surface area contributed by atoms with Crippen LogP contribution >= 0.6 is 0 Å². The van der Waals surface area contributed by atoms with Gasteiger partial charge >= 0.3 is 0 Å². The molecule has 0 aliphatic carbocycles. The van der Waals surface area contributed by atoms with E-state index in [1.54, 1.807) is 6.07 Å². The van der Waals surface area contributed by atoms with Crippen molar-refractivity contribution in [2.45, 2.75) is 0 Å². The number of carbonyl (C=O) groups excluding carboxylic acids is 1. The molecule has 0 fully saturated rings. The molecule has 78 valence electrons. The lowest BCUT2D eigenvalue weighted by Gasteiger charge is -1.98. The zero-order chi connectivity index (χ0) is 11.1. The van der Waals surface area contributed by atoms with Crippen molar-refractivity contribution in [1.82, 2.24) is 4.98 Å². The van der Waals surface area contributed by atoms with Gasteiger partial charge in [0.2, 0.25) is 0 Å². The van der Waals surface area contributed by atoms with Crippen molar-refractivity contribution in [2.24, 2.45) is 0 Å². The number of nitrogens with one attached hydrogen (secondary N) is 1. The van der Waals surface area contributed by atoms with E-state index in [4.69, 9.17) is 0 Å². The van der Waals surface area contributed by atoms with Gasteiger partial charge in [-0.15, -0.1) is 0 Å². The highest BCUT2D eigenvalue weighted by Crippen LogP contribution is 2.30. The molecule has 0 atom stereocenters. The molecule has 1 heterocycles. The lowest BCUT2D eigenvalue weighted by atomic mass is 10.1. The summed E-state index contributed by atoms with van der Waals surface area (Å²) in [5.74, 6) is 0.00839. The van der Waals surface area contributed by atoms with Crippen LogP contribution in [-0.4, -0.2) is 16.4 Å². The third-order valence-electron chi connectivity index (χ3n) is 2.82. The van der Waals surface area contributed by atoms with Crippen molar-refractivity contribution in [1.29, 1.82) is 0 Å². The Morgan fingerprint density at radius 2 is 1.88 bits per heavy atom. The van der Waals surface area contributed by atoms with Gasteiger partial charge in [0.25, 0.3) is 0 Å². The Morgan fingerprint density at radius 3 is 2.69 bits per heavy atom. The average Bonchev–Trinajstić information content (AvgIpc) is 2.67. The lowest BCUT2D eigenvalue weighted by molar-refractivity contribution is 0.112. The van der Waals surface area contributed by atoms with Gasteiger partial charge in [0.15, 0.2) is 6.29 Å². The molecule has 1 aromatic heterocycles. The fraction of sp³-hybridized carbons (Fsp3) is 0. The Bertz CT molecular complexity index is 698. The number of aldehydes is 1. The minimum Gasteiger partial charge on any atom is -0.507 e. The maximum atomic E-state index is 10.9. The van der Waals surface area contributed by atoms with Gasteiger partial charge < -0.3 is 10.1 Å². The van der Waals surface area contributed by atoms with Crippen LogP contribution in [0.15, 0.2) is 36.4 Å². The molecule has 0 radical (unpaired) electrons. The number of aromatic amines is 1. The number of H-pyrrole nitrogens is 1. The van der Waals surface area contributed by atoms with E-state index >= 15 is 0 Å². The number of para-hydroxylation sites is 1. The summed E-state index contributed by atoms with van der Waals surface area (Å²) in [5.41, 5.74) is 1.97. The van der Waals surface area contributed by atoms with E-state index < -0.39 is 0 Å². The van der Waals surface area contributed by atoms with Crippen molar-refractivity contribution >= 4 is 28.1 Å². The summed E-state index contributed by atoms with van der Waals surface area (Å²) >= 11 is 0. The molecule has 3 rings (SSSR count). The lowest BCUT2D eigenvalue weighted by Crippen LogP contribution is -1.83. The molecular weight excluding hydrogens is 202 g/mol. The van der Waals surface area contributed by atoms with E-state index in [0.717, 1.165) is 16.3 Å². The Hall–Kier alpha value is -2.29. The Balaban J connectivity index is 2.58. The van der Waals surface area contributed by atoms with Gasteiger partial charge in [-0.3, -0.25) is 4.79 Å². The van der Waals surface area contributed by atoms with Gasteiger partial charge in [0, 0.05) is 16.3 Å². The second-order valence-electron chi connectivity index (χ2n) is 3.71. The second kappa shape index (κ2) is 3.10. The Labute approximate surface area is 91.3 Å². The molecular formula is C13H9NO2. The van der Waals surface area contributed by atoms with Gasteiger partial charge in [-0.2, -0.15) is 0 Å². The zero-order valence-corrected chi connectivity index (χ0v) is 8.40. The maximum absolute atomic E-state index is 10.9. The normalized spacial score (nSPS) is 11.0. The first-order chi connectivity index (χ1) is 7.81. The molecule has 0 saturated carbocycles. The molecule has 0 amide bonds. The number of hydrogen-bond donors (Lipinski definition) is 2. The van der Waals surface area contributed by atoms with E-state index in [0.29, 0.717) is 17.4 Å². The van der Waals surface area contributed by atoms with Gasteiger partial charge in [0.05, 0.1) is 11.1 Å². The number of carbonyl (C=O) groups is 1. The third kappa shape index (κ3) is 1.05. The highest BCUT2D eigenvalue weighted by atomic mass is 16.3. The van der Waals surface area contributed by atoms with E-state index in [1.165, 1.54) is 0 Å². The molecule has 2 aromatic carbocycles. The molecule has 3 aromatic rings. The molecule has 16 heavy (non-hydrogen) atoms. The number of fused-ring (bicyclic) bond motifs is 3. The summed E-state index contributed by atoms with van der Waals surface area (Å²) in [7, 11) is 0. The number of benzene rings is 2. The minimum atomic E-state index is 0.00839. The van der Waals surface area contributed by atoms with Gasteiger partial charge in [-0.05, 0) is 18.2 Å². The van der Waals surface area contributed by atoms with E-state index in [9.17, 15) is 9.90 Å². The number of aromatic hydroxyl groups is 1. The summed E-state index contributed by atoms with van der Waals surface area (Å²) < 4.78 is 0. The van der Waals surface area contributed by atoms with Gasteiger partial charge in [-0.25, -0.2) is 0 Å². The quantitative estimate of drug-likeness (QED) is 0.608. The van der Waals surface area contributed by atoms with Gasteiger partial charge in [-0.1, -0.05) is 18.2 Å².